The molecule has 0 radical (unpaired) electrons. The standard InChI is InChI=1S/C17H18FN3O3S/c1-12-10-20-15(11-19-12)17(22)21-7-6-16(25(23,24)9-8-21)13-4-2-3-5-14(13)18/h2-5,10-11,16H,6-9H2,1H3. The minimum Gasteiger partial charge on any atom is -0.336 e. The predicted molar refractivity (Wildman–Crippen MR) is 90.2 cm³/mol. The van der Waals surface area contributed by atoms with Gasteiger partial charge in [-0.15, -0.1) is 0 Å². The van der Waals surface area contributed by atoms with Gasteiger partial charge < -0.3 is 4.90 Å². The summed E-state index contributed by atoms with van der Waals surface area (Å²) in [7, 11) is -3.56. The topological polar surface area (TPSA) is 80.2 Å². The van der Waals surface area contributed by atoms with Gasteiger partial charge in [-0.25, -0.2) is 17.8 Å². The first-order valence-corrected chi connectivity index (χ1v) is 9.64. The Bertz CT molecular complexity index is 884. The van der Waals surface area contributed by atoms with E-state index in [2.05, 4.69) is 9.97 Å². The van der Waals surface area contributed by atoms with Crippen LogP contribution in [0.2, 0.25) is 0 Å². The smallest absolute Gasteiger partial charge is 0.274 e. The van der Waals surface area contributed by atoms with Crippen LogP contribution in [-0.2, 0) is 9.84 Å². The Hall–Kier alpha value is -2.35. The zero-order valence-corrected chi connectivity index (χ0v) is 14.5. The van der Waals surface area contributed by atoms with Crippen LogP contribution in [0.5, 0.6) is 0 Å². The average molecular weight is 363 g/mol. The van der Waals surface area contributed by atoms with Gasteiger partial charge in [0.25, 0.3) is 5.91 Å². The van der Waals surface area contributed by atoms with Crippen molar-refractivity contribution in [2.75, 3.05) is 18.8 Å². The summed E-state index contributed by atoms with van der Waals surface area (Å²) < 4.78 is 39.2. The first-order valence-electron chi connectivity index (χ1n) is 7.92. The van der Waals surface area contributed by atoms with Crippen molar-refractivity contribution in [3.8, 4) is 0 Å². The average Bonchev–Trinajstić information content (AvgIpc) is 2.74. The molecule has 1 aliphatic heterocycles. The molecule has 2 aromatic rings. The second-order valence-corrected chi connectivity index (χ2v) is 8.30. The molecule has 132 valence electrons. The van der Waals surface area contributed by atoms with E-state index in [1.807, 2.05) is 0 Å². The molecule has 2 heterocycles. The number of sulfone groups is 1. The highest BCUT2D eigenvalue weighted by Crippen LogP contribution is 2.31. The molecule has 0 spiro atoms. The number of halogens is 1. The Morgan fingerprint density at radius 1 is 1.20 bits per heavy atom. The lowest BCUT2D eigenvalue weighted by atomic mass is 10.1. The van der Waals surface area contributed by atoms with Crippen molar-refractivity contribution >= 4 is 15.7 Å². The van der Waals surface area contributed by atoms with Crippen LogP contribution in [0.3, 0.4) is 0 Å². The van der Waals surface area contributed by atoms with Crippen LogP contribution >= 0.6 is 0 Å². The molecule has 1 atom stereocenters. The fourth-order valence-corrected chi connectivity index (χ4v) is 4.70. The number of rotatable bonds is 2. The zero-order valence-electron chi connectivity index (χ0n) is 13.7. The maximum absolute atomic E-state index is 14.0. The predicted octanol–water partition coefficient (Wildman–Crippen LogP) is 1.93. The number of aryl methyl sites for hydroxylation is 1. The third kappa shape index (κ3) is 3.68. The summed E-state index contributed by atoms with van der Waals surface area (Å²) in [6, 6.07) is 5.87. The normalized spacial score (nSPS) is 20.1. The molecule has 3 rings (SSSR count). The number of carbonyl (C=O) groups excluding carboxylic acids is 1. The molecule has 8 heteroatoms. The van der Waals surface area contributed by atoms with Crippen molar-refractivity contribution in [2.24, 2.45) is 0 Å². The van der Waals surface area contributed by atoms with Gasteiger partial charge in [-0.05, 0) is 19.4 Å². The summed E-state index contributed by atoms with van der Waals surface area (Å²) in [4.78, 5) is 22.1. The van der Waals surface area contributed by atoms with Crippen LogP contribution in [-0.4, -0.2) is 48.0 Å². The van der Waals surface area contributed by atoms with Crippen LogP contribution < -0.4 is 0 Å². The van der Waals surface area contributed by atoms with Crippen LogP contribution in [0, 0.1) is 12.7 Å². The second kappa shape index (κ2) is 6.87. The lowest BCUT2D eigenvalue weighted by molar-refractivity contribution is 0.0760. The number of benzene rings is 1. The van der Waals surface area contributed by atoms with Crippen molar-refractivity contribution in [3.05, 3.63) is 59.4 Å². The molecule has 1 unspecified atom stereocenters. The van der Waals surface area contributed by atoms with Gasteiger partial charge in [-0.3, -0.25) is 9.78 Å². The lowest BCUT2D eigenvalue weighted by Gasteiger charge is -2.19. The minimum atomic E-state index is -3.56. The molecule has 1 saturated heterocycles. The molecule has 1 aliphatic rings. The van der Waals surface area contributed by atoms with E-state index in [9.17, 15) is 17.6 Å². The summed E-state index contributed by atoms with van der Waals surface area (Å²) in [6.45, 7) is 2.03. The van der Waals surface area contributed by atoms with Crippen LogP contribution in [0.4, 0.5) is 4.39 Å². The van der Waals surface area contributed by atoms with Gasteiger partial charge in [0, 0.05) is 24.8 Å². The quantitative estimate of drug-likeness (QED) is 0.814. The van der Waals surface area contributed by atoms with E-state index in [4.69, 9.17) is 0 Å². The van der Waals surface area contributed by atoms with Gasteiger partial charge in [0.2, 0.25) is 0 Å². The van der Waals surface area contributed by atoms with Crippen LogP contribution in [0.25, 0.3) is 0 Å². The number of hydrogen-bond donors (Lipinski definition) is 0. The molecular weight excluding hydrogens is 345 g/mol. The highest BCUT2D eigenvalue weighted by molar-refractivity contribution is 7.91. The van der Waals surface area contributed by atoms with E-state index in [1.165, 1.54) is 35.5 Å². The van der Waals surface area contributed by atoms with Gasteiger partial charge >= 0.3 is 0 Å². The molecule has 0 saturated carbocycles. The van der Waals surface area contributed by atoms with Crippen LogP contribution in [0.1, 0.15) is 33.4 Å². The van der Waals surface area contributed by atoms with Gasteiger partial charge in [-0.2, -0.15) is 0 Å². The van der Waals surface area contributed by atoms with Gasteiger partial charge in [0.05, 0.1) is 22.9 Å². The van der Waals surface area contributed by atoms with E-state index in [0.29, 0.717) is 5.69 Å². The minimum absolute atomic E-state index is 0.0572. The fraction of sp³-hybridized carbons (Fsp3) is 0.353. The highest BCUT2D eigenvalue weighted by Gasteiger charge is 2.34. The van der Waals surface area contributed by atoms with Crippen molar-refractivity contribution < 1.29 is 17.6 Å². The summed E-state index contributed by atoms with van der Waals surface area (Å²) in [6.07, 6.45) is 3.02. The largest absolute Gasteiger partial charge is 0.336 e. The molecule has 0 aliphatic carbocycles. The monoisotopic (exact) mass is 363 g/mol. The fourth-order valence-electron chi connectivity index (χ4n) is 2.90. The second-order valence-electron chi connectivity index (χ2n) is 6.00. The molecule has 0 bridgehead atoms. The molecule has 1 fully saturated rings. The maximum Gasteiger partial charge on any atom is 0.274 e. The highest BCUT2D eigenvalue weighted by atomic mass is 32.2. The van der Waals surface area contributed by atoms with Gasteiger partial charge in [0.15, 0.2) is 9.84 Å². The van der Waals surface area contributed by atoms with Crippen molar-refractivity contribution in [1.29, 1.82) is 0 Å². The first kappa shape index (κ1) is 17.5. The molecular formula is C17H18FN3O3S. The molecule has 1 amide bonds. The SMILES string of the molecule is Cc1cnc(C(=O)N2CCC(c3ccccc3F)S(=O)(=O)CC2)cn1. The summed E-state index contributed by atoms with van der Waals surface area (Å²) in [5.41, 5.74) is 1.02. The zero-order chi connectivity index (χ0) is 18.0. The Morgan fingerprint density at radius 2 is 1.96 bits per heavy atom. The molecule has 6 nitrogen and oxygen atoms in total. The summed E-state index contributed by atoms with van der Waals surface area (Å²) >= 11 is 0. The number of amides is 1. The van der Waals surface area contributed by atoms with E-state index in [1.54, 1.807) is 13.0 Å². The van der Waals surface area contributed by atoms with Gasteiger partial charge in [-0.1, -0.05) is 18.2 Å². The maximum atomic E-state index is 14.0. The summed E-state index contributed by atoms with van der Waals surface area (Å²) in [5.74, 6) is -1.12. The van der Waals surface area contributed by atoms with Crippen LogP contribution in [0.15, 0.2) is 36.7 Å². The van der Waals surface area contributed by atoms with Crippen molar-refractivity contribution in [3.63, 3.8) is 0 Å². The molecule has 1 aromatic heterocycles. The Balaban J connectivity index is 1.84. The first-order chi connectivity index (χ1) is 11.9. The Labute approximate surface area is 145 Å². The number of nitrogens with zero attached hydrogens (tertiary/aromatic N) is 3. The van der Waals surface area contributed by atoms with Gasteiger partial charge in [0.1, 0.15) is 11.5 Å². The van der Waals surface area contributed by atoms with E-state index in [0.717, 1.165) is 0 Å². The lowest BCUT2D eigenvalue weighted by Crippen LogP contribution is -2.34. The van der Waals surface area contributed by atoms with E-state index in [-0.39, 0.29) is 42.4 Å². The Kier molecular flexibility index (Phi) is 4.80. The molecule has 0 N–H and O–H groups in total. The van der Waals surface area contributed by atoms with Crippen molar-refractivity contribution in [1.82, 2.24) is 14.9 Å². The third-order valence-electron chi connectivity index (χ3n) is 4.28. The molecule has 1 aromatic carbocycles. The number of carbonyl (C=O) groups is 1. The molecule has 25 heavy (non-hydrogen) atoms. The van der Waals surface area contributed by atoms with E-state index < -0.39 is 20.9 Å². The summed E-state index contributed by atoms with van der Waals surface area (Å²) in [5, 5.41) is -0.949. The Morgan fingerprint density at radius 3 is 2.64 bits per heavy atom. The third-order valence-corrected chi connectivity index (χ3v) is 6.39. The van der Waals surface area contributed by atoms with Crippen molar-refractivity contribution in [2.45, 2.75) is 18.6 Å². The van der Waals surface area contributed by atoms with E-state index >= 15 is 0 Å². The number of aromatic nitrogens is 2. The number of hydrogen-bond acceptors (Lipinski definition) is 5.